The molecule has 1 heterocycles. The molecule has 1 unspecified atom stereocenters. The molecule has 22 heavy (non-hydrogen) atoms. The highest BCUT2D eigenvalue weighted by Gasteiger charge is 2.38. The third-order valence-corrected chi connectivity index (χ3v) is 4.12. The Morgan fingerprint density at radius 1 is 1.50 bits per heavy atom. The van der Waals surface area contributed by atoms with Gasteiger partial charge in [0.2, 0.25) is 5.91 Å². The Bertz CT molecular complexity index is 571. The van der Waals surface area contributed by atoms with Gasteiger partial charge < -0.3 is 10.2 Å². The van der Waals surface area contributed by atoms with Crippen LogP contribution < -0.4 is 5.32 Å². The molecular weight excluding hydrogens is 293 g/mol. The first-order valence-electron chi connectivity index (χ1n) is 7.16. The molecule has 6 heteroatoms. The van der Waals surface area contributed by atoms with Crippen molar-refractivity contribution in [1.82, 2.24) is 4.90 Å². The molecule has 0 spiro atoms. The number of halogens is 3. The summed E-state index contributed by atoms with van der Waals surface area (Å²) in [5.41, 5.74) is -0.659. The number of nitrogens with zero attached hydrogens (tertiary/aromatic N) is 1. The minimum absolute atomic E-state index is 0.152. The maximum atomic E-state index is 12.8. The summed E-state index contributed by atoms with van der Waals surface area (Å²) >= 11 is 0. The second-order valence-electron chi connectivity index (χ2n) is 5.55. The smallest absolute Gasteiger partial charge is 0.378 e. The normalized spacial score (nSPS) is 21.7. The lowest BCUT2D eigenvalue weighted by molar-refractivity contribution is -0.137. The van der Waals surface area contributed by atoms with Crippen molar-refractivity contribution < 1.29 is 18.0 Å². The van der Waals surface area contributed by atoms with Crippen LogP contribution in [-0.4, -0.2) is 29.4 Å². The van der Waals surface area contributed by atoms with E-state index in [4.69, 9.17) is 0 Å². The van der Waals surface area contributed by atoms with E-state index in [0.29, 0.717) is 31.6 Å². The number of amides is 1. The molecule has 1 atom stereocenters. The van der Waals surface area contributed by atoms with E-state index in [0.717, 1.165) is 12.1 Å². The fourth-order valence-electron chi connectivity index (χ4n) is 2.75. The summed E-state index contributed by atoms with van der Waals surface area (Å²) < 4.78 is 38.3. The molecule has 1 aromatic carbocycles. The van der Waals surface area contributed by atoms with Gasteiger partial charge in [-0.25, -0.2) is 0 Å². The van der Waals surface area contributed by atoms with Gasteiger partial charge in [-0.05, 0) is 37.1 Å². The molecule has 1 fully saturated rings. The molecule has 0 saturated carbocycles. The van der Waals surface area contributed by atoms with E-state index in [9.17, 15) is 18.0 Å². The van der Waals surface area contributed by atoms with Crippen molar-refractivity contribution >= 4 is 11.6 Å². The lowest BCUT2D eigenvalue weighted by atomic mass is 9.94. The van der Waals surface area contributed by atoms with E-state index in [1.807, 2.05) is 6.92 Å². The number of alkyl halides is 3. The summed E-state index contributed by atoms with van der Waals surface area (Å²) in [7, 11) is 0. The molecule has 1 saturated heterocycles. The highest BCUT2D eigenvalue weighted by Crippen LogP contribution is 2.33. The summed E-state index contributed by atoms with van der Waals surface area (Å²) in [5.74, 6) is -0.152. The van der Waals surface area contributed by atoms with Crippen LogP contribution >= 0.6 is 0 Å². The van der Waals surface area contributed by atoms with Gasteiger partial charge in [-0.3, -0.25) is 4.79 Å². The zero-order chi connectivity index (χ0) is 16.4. The summed E-state index contributed by atoms with van der Waals surface area (Å²) in [5, 5.41) is 3.20. The quantitative estimate of drug-likeness (QED) is 0.860. The Morgan fingerprint density at radius 3 is 2.82 bits per heavy atom. The summed E-state index contributed by atoms with van der Waals surface area (Å²) in [4.78, 5) is 13.4. The van der Waals surface area contributed by atoms with Crippen LogP contribution in [0, 0.1) is 0 Å². The van der Waals surface area contributed by atoms with Gasteiger partial charge in [0.05, 0.1) is 11.1 Å². The number of carbonyl (C=O) groups is 1. The second-order valence-corrected chi connectivity index (χ2v) is 5.55. The van der Waals surface area contributed by atoms with E-state index >= 15 is 0 Å². The van der Waals surface area contributed by atoms with Gasteiger partial charge in [0.15, 0.2) is 0 Å². The van der Waals surface area contributed by atoms with Crippen molar-refractivity contribution in [3.8, 4) is 0 Å². The first-order valence-corrected chi connectivity index (χ1v) is 7.16. The Kier molecular flexibility index (Phi) is 4.49. The fourth-order valence-corrected chi connectivity index (χ4v) is 2.75. The standard InChI is InChI=1S/C16H19F3N2O/c1-3-14(22)21-9-8-15(4-2,11-21)20-13-7-5-6-12(10-13)16(17,18)19/h3,5-7,10,20H,1,4,8-9,11H2,2H3. The van der Waals surface area contributed by atoms with Crippen LogP contribution in [0.5, 0.6) is 0 Å². The molecule has 1 aliphatic heterocycles. The van der Waals surface area contributed by atoms with Crippen LogP contribution in [0.4, 0.5) is 18.9 Å². The molecule has 0 aromatic heterocycles. The molecule has 1 N–H and O–H groups in total. The lowest BCUT2D eigenvalue weighted by Gasteiger charge is -2.30. The van der Waals surface area contributed by atoms with Crippen LogP contribution in [-0.2, 0) is 11.0 Å². The largest absolute Gasteiger partial charge is 0.416 e. The van der Waals surface area contributed by atoms with Gasteiger partial charge in [-0.15, -0.1) is 0 Å². The Labute approximate surface area is 127 Å². The zero-order valence-electron chi connectivity index (χ0n) is 12.4. The zero-order valence-corrected chi connectivity index (χ0v) is 12.4. The molecule has 0 bridgehead atoms. The number of likely N-dealkylation sites (tertiary alicyclic amines) is 1. The van der Waals surface area contributed by atoms with Crippen molar-refractivity contribution in [2.75, 3.05) is 18.4 Å². The SMILES string of the molecule is C=CC(=O)N1CCC(CC)(Nc2cccc(C(F)(F)F)c2)C1. The van der Waals surface area contributed by atoms with Gasteiger partial charge in [-0.2, -0.15) is 13.2 Å². The van der Waals surface area contributed by atoms with E-state index in [1.54, 1.807) is 11.0 Å². The molecule has 0 aliphatic carbocycles. The van der Waals surface area contributed by atoms with Crippen molar-refractivity contribution in [2.24, 2.45) is 0 Å². The topological polar surface area (TPSA) is 32.3 Å². The maximum Gasteiger partial charge on any atom is 0.416 e. The molecule has 3 nitrogen and oxygen atoms in total. The monoisotopic (exact) mass is 312 g/mol. The van der Waals surface area contributed by atoms with Gasteiger partial charge in [0, 0.05) is 18.8 Å². The average molecular weight is 312 g/mol. The number of hydrogen-bond acceptors (Lipinski definition) is 2. The van der Waals surface area contributed by atoms with Crippen molar-refractivity contribution in [3.05, 3.63) is 42.5 Å². The number of anilines is 1. The molecule has 120 valence electrons. The Balaban J connectivity index is 2.18. The fraction of sp³-hybridized carbons (Fsp3) is 0.438. The second kappa shape index (κ2) is 6.02. The molecule has 2 rings (SSSR count). The Morgan fingerprint density at radius 2 is 2.23 bits per heavy atom. The van der Waals surface area contributed by atoms with E-state index in [-0.39, 0.29) is 5.91 Å². The predicted molar refractivity (Wildman–Crippen MR) is 79.5 cm³/mol. The first kappa shape index (κ1) is 16.4. The molecular formula is C16H19F3N2O. The highest BCUT2D eigenvalue weighted by molar-refractivity contribution is 5.87. The number of hydrogen-bond donors (Lipinski definition) is 1. The highest BCUT2D eigenvalue weighted by atomic mass is 19.4. The third kappa shape index (κ3) is 3.43. The summed E-state index contributed by atoms with van der Waals surface area (Å²) in [6.45, 7) is 6.46. The van der Waals surface area contributed by atoms with Crippen LogP contribution in [0.15, 0.2) is 36.9 Å². The Hall–Kier alpha value is -1.98. The van der Waals surface area contributed by atoms with Crippen molar-refractivity contribution in [3.63, 3.8) is 0 Å². The first-order chi connectivity index (χ1) is 10.3. The van der Waals surface area contributed by atoms with Crippen LogP contribution in [0.2, 0.25) is 0 Å². The molecule has 1 aromatic rings. The molecule has 0 radical (unpaired) electrons. The number of nitrogens with one attached hydrogen (secondary N) is 1. The van der Waals surface area contributed by atoms with E-state index < -0.39 is 17.3 Å². The lowest BCUT2D eigenvalue weighted by Crippen LogP contribution is -2.41. The number of rotatable bonds is 4. The number of carbonyl (C=O) groups excluding carboxylic acids is 1. The predicted octanol–water partition coefficient (Wildman–Crippen LogP) is 3.68. The molecule has 1 aliphatic rings. The van der Waals surface area contributed by atoms with Crippen LogP contribution in [0.1, 0.15) is 25.3 Å². The molecule has 1 amide bonds. The van der Waals surface area contributed by atoms with E-state index in [2.05, 4.69) is 11.9 Å². The van der Waals surface area contributed by atoms with Crippen molar-refractivity contribution in [2.45, 2.75) is 31.5 Å². The number of benzene rings is 1. The summed E-state index contributed by atoms with van der Waals surface area (Å²) in [6, 6.07) is 5.15. The van der Waals surface area contributed by atoms with Crippen LogP contribution in [0.25, 0.3) is 0 Å². The summed E-state index contributed by atoms with van der Waals surface area (Å²) in [6.07, 6.45) is -1.70. The maximum absolute atomic E-state index is 12.8. The van der Waals surface area contributed by atoms with Crippen molar-refractivity contribution in [1.29, 1.82) is 0 Å². The van der Waals surface area contributed by atoms with E-state index in [1.165, 1.54) is 12.1 Å². The van der Waals surface area contributed by atoms with Crippen LogP contribution in [0.3, 0.4) is 0 Å². The average Bonchev–Trinajstić information content (AvgIpc) is 2.90. The minimum atomic E-state index is -4.36. The third-order valence-electron chi connectivity index (χ3n) is 4.12. The minimum Gasteiger partial charge on any atom is -0.378 e. The van der Waals surface area contributed by atoms with Gasteiger partial charge in [0.1, 0.15) is 0 Å². The van der Waals surface area contributed by atoms with Gasteiger partial charge in [0.25, 0.3) is 0 Å². The van der Waals surface area contributed by atoms with Gasteiger partial charge in [-0.1, -0.05) is 19.6 Å². The van der Waals surface area contributed by atoms with Gasteiger partial charge >= 0.3 is 6.18 Å².